The van der Waals surface area contributed by atoms with E-state index < -0.39 is 24.0 Å². The summed E-state index contributed by atoms with van der Waals surface area (Å²) in [4.78, 5) is 11.2. The van der Waals surface area contributed by atoms with Crippen LogP contribution in [0, 0.1) is 0 Å². The molecule has 1 aromatic rings. The summed E-state index contributed by atoms with van der Waals surface area (Å²) < 4.78 is 72.3. The molecule has 0 radical (unpaired) electrons. The van der Waals surface area contributed by atoms with Crippen molar-refractivity contribution in [1.82, 2.24) is 5.32 Å². The van der Waals surface area contributed by atoms with Crippen LogP contribution in [-0.4, -0.2) is 38.3 Å². The summed E-state index contributed by atoms with van der Waals surface area (Å²) in [5.74, 6) is -6.98. The van der Waals surface area contributed by atoms with Crippen LogP contribution < -0.4 is 14.8 Å². The van der Waals surface area contributed by atoms with Gasteiger partial charge < -0.3 is 14.8 Å². The van der Waals surface area contributed by atoms with Crippen LogP contribution in [0.25, 0.3) is 0 Å². The molecule has 0 bridgehead atoms. The van der Waals surface area contributed by atoms with E-state index in [1.54, 1.807) is 23.5 Å². The van der Waals surface area contributed by atoms with E-state index in [9.17, 15) is 26.7 Å². The molecule has 0 aliphatic heterocycles. The molecular weight excluding hydrogens is 325 g/mol. The van der Waals surface area contributed by atoms with Crippen LogP contribution in [0.15, 0.2) is 18.2 Å². The largest absolute Gasteiger partial charge is 0.497 e. The fourth-order valence-corrected chi connectivity index (χ4v) is 1.87. The summed E-state index contributed by atoms with van der Waals surface area (Å²) >= 11 is 0. The SMILES string of the molecule is COc1ccc(OC)c(CC(C)NC(=O)C(F)(F)C(F)(F)F)c1. The molecule has 0 heterocycles. The average Bonchev–Trinajstić information content (AvgIpc) is 2.45. The second-order valence-corrected chi connectivity index (χ2v) is 4.83. The van der Waals surface area contributed by atoms with Gasteiger partial charge in [0.1, 0.15) is 11.5 Å². The minimum atomic E-state index is -5.94. The van der Waals surface area contributed by atoms with Crippen LogP contribution in [0.2, 0.25) is 0 Å². The second kappa shape index (κ2) is 7.01. The molecule has 0 fully saturated rings. The molecule has 1 N–H and O–H groups in total. The maximum atomic E-state index is 12.9. The van der Waals surface area contributed by atoms with Crippen molar-refractivity contribution in [3.05, 3.63) is 23.8 Å². The Balaban J connectivity index is 2.85. The van der Waals surface area contributed by atoms with Gasteiger partial charge in [-0.1, -0.05) is 0 Å². The van der Waals surface area contributed by atoms with Gasteiger partial charge in [-0.05, 0) is 37.1 Å². The van der Waals surface area contributed by atoms with Gasteiger partial charge in [-0.2, -0.15) is 22.0 Å². The van der Waals surface area contributed by atoms with E-state index in [1.807, 2.05) is 0 Å². The molecule has 0 aliphatic carbocycles. The van der Waals surface area contributed by atoms with Crippen molar-refractivity contribution in [1.29, 1.82) is 0 Å². The first-order valence-electron chi connectivity index (χ1n) is 6.49. The number of benzene rings is 1. The molecule has 0 spiro atoms. The third-order valence-electron chi connectivity index (χ3n) is 3.03. The lowest BCUT2D eigenvalue weighted by atomic mass is 10.1. The lowest BCUT2D eigenvalue weighted by Crippen LogP contribution is -2.52. The number of hydrogen-bond acceptors (Lipinski definition) is 3. The Morgan fingerprint density at radius 3 is 2.26 bits per heavy atom. The summed E-state index contributed by atoms with van der Waals surface area (Å²) in [6.45, 7) is 1.31. The van der Waals surface area contributed by atoms with Gasteiger partial charge in [-0.3, -0.25) is 4.79 Å². The first-order chi connectivity index (χ1) is 10.5. The Hall–Kier alpha value is -2.06. The number of alkyl halides is 5. The van der Waals surface area contributed by atoms with Crippen LogP contribution >= 0.6 is 0 Å². The summed E-state index contributed by atoms with van der Waals surface area (Å²) in [6, 6.07) is 3.73. The number of ether oxygens (including phenoxy) is 2. The quantitative estimate of drug-likeness (QED) is 0.810. The molecule has 0 saturated heterocycles. The van der Waals surface area contributed by atoms with Gasteiger partial charge >= 0.3 is 18.0 Å². The highest BCUT2D eigenvalue weighted by Crippen LogP contribution is 2.35. The molecular formula is C14H16F5NO3. The molecule has 9 heteroatoms. The van der Waals surface area contributed by atoms with Crippen molar-refractivity contribution in [3.63, 3.8) is 0 Å². The molecule has 0 saturated carbocycles. The lowest BCUT2D eigenvalue weighted by Gasteiger charge is -2.22. The van der Waals surface area contributed by atoms with E-state index >= 15 is 0 Å². The van der Waals surface area contributed by atoms with Gasteiger partial charge in [0.25, 0.3) is 0 Å². The van der Waals surface area contributed by atoms with E-state index in [0.717, 1.165) is 0 Å². The monoisotopic (exact) mass is 341 g/mol. The van der Waals surface area contributed by atoms with Crippen molar-refractivity contribution < 1.29 is 36.2 Å². The summed E-state index contributed by atoms with van der Waals surface area (Å²) in [7, 11) is 2.80. The molecule has 1 rings (SSSR count). The molecule has 4 nitrogen and oxygen atoms in total. The van der Waals surface area contributed by atoms with Crippen molar-refractivity contribution in [2.75, 3.05) is 14.2 Å². The van der Waals surface area contributed by atoms with E-state index in [2.05, 4.69) is 0 Å². The first-order valence-corrected chi connectivity index (χ1v) is 6.49. The highest BCUT2D eigenvalue weighted by Gasteiger charge is 2.63. The average molecular weight is 341 g/mol. The number of amides is 1. The Morgan fingerprint density at radius 2 is 1.78 bits per heavy atom. The number of carbonyl (C=O) groups is 1. The van der Waals surface area contributed by atoms with Crippen molar-refractivity contribution in [2.24, 2.45) is 0 Å². The minimum absolute atomic E-state index is 0.0138. The Bertz CT molecular complexity index is 560. The number of hydrogen-bond donors (Lipinski definition) is 1. The molecule has 1 aromatic carbocycles. The van der Waals surface area contributed by atoms with Gasteiger partial charge in [0.15, 0.2) is 0 Å². The highest BCUT2D eigenvalue weighted by atomic mass is 19.4. The zero-order valence-electron chi connectivity index (χ0n) is 12.6. The fourth-order valence-electron chi connectivity index (χ4n) is 1.87. The molecule has 1 amide bonds. The van der Waals surface area contributed by atoms with E-state index in [-0.39, 0.29) is 6.42 Å². The predicted octanol–water partition coefficient (Wildman–Crippen LogP) is 2.95. The smallest absolute Gasteiger partial charge is 0.463 e. The zero-order chi connectivity index (χ0) is 17.8. The van der Waals surface area contributed by atoms with Gasteiger partial charge in [-0.15, -0.1) is 0 Å². The molecule has 0 aromatic heterocycles. The first kappa shape index (κ1) is 19.0. The Labute approximate surface area is 129 Å². The third-order valence-corrected chi connectivity index (χ3v) is 3.03. The molecule has 23 heavy (non-hydrogen) atoms. The Kier molecular flexibility index (Phi) is 5.79. The topological polar surface area (TPSA) is 47.6 Å². The van der Waals surface area contributed by atoms with Crippen molar-refractivity contribution in [3.8, 4) is 11.5 Å². The van der Waals surface area contributed by atoms with Crippen LogP contribution in [0.5, 0.6) is 11.5 Å². The van der Waals surface area contributed by atoms with Gasteiger partial charge in [0.05, 0.1) is 14.2 Å². The van der Waals surface area contributed by atoms with E-state index in [4.69, 9.17) is 9.47 Å². The van der Waals surface area contributed by atoms with Crippen molar-refractivity contribution >= 4 is 5.91 Å². The minimum Gasteiger partial charge on any atom is -0.497 e. The summed E-state index contributed by atoms with van der Waals surface area (Å²) in [5, 5.41) is 1.66. The van der Waals surface area contributed by atoms with Crippen LogP contribution in [0.3, 0.4) is 0 Å². The maximum absolute atomic E-state index is 12.9. The lowest BCUT2D eigenvalue weighted by molar-refractivity contribution is -0.270. The second-order valence-electron chi connectivity index (χ2n) is 4.83. The van der Waals surface area contributed by atoms with Crippen LogP contribution in [0.4, 0.5) is 22.0 Å². The summed E-state index contributed by atoms with van der Waals surface area (Å²) in [6.07, 6.45) is -5.95. The van der Waals surface area contributed by atoms with Crippen LogP contribution in [0.1, 0.15) is 12.5 Å². The van der Waals surface area contributed by atoms with Crippen molar-refractivity contribution in [2.45, 2.75) is 31.5 Å². The van der Waals surface area contributed by atoms with Gasteiger partial charge in [0, 0.05) is 6.04 Å². The maximum Gasteiger partial charge on any atom is 0.463 e. The molecule has 130 valence electrons. The van der Waals surface area contributed by atoms with E-state index in [0.29, 0.717) is 17.1 Å². The fraction of sp³-hybridized carbons (Fsp3) is 0.500. The number of halogens is 5. The van der Waals surface area contributed by atoms with E-state index in [1.165, 1.54) is 21.1 Å². The Morgan fingerprint density at radius 1 is 1.17 bits per heavy atom. The molecule has 1 atom stereocenters. The standard InChI is InChI=1S/C14H16F5NO3/c1-8(20-12(21)13(15,16)14(17,18)19)6-9-7-10(22-2)4-5-11(9)23-3/h4-5,7-8H,6H2,1-3H3,(H,20,21). The number of carbonyl (C=O) groups excluding carboxylic acids is 1. The van der Waals surface area contributed by atoms with Crippen LogP contribution in [-0.2, 0) is 11.2 Å². The molecule has 1 unspecified atom stereocenters. The number of rotatable bonds is 6. The van der Waals surface area contributed by atoms with Gasteiger partial charge in [-0.25, -0.2) is 0 Å². The highest BCUT2D eigenvalue weighted by molar-refractivity contribution is 5.84. The number of nitrogens with one attached hydrogen (secondary N) is 1. The van der Waals surface area contributed by atoms with Gasteiger partial charge in [0.2, 0.25) is 0 Å². The molecule has 0 aliphatic rings. The third kappa shape index (κ3) is 4.46. The summed E-state index contributed by atoms with van der Waals surface area (Å²) in [5.41, 5.74) is 0.495. The number of methoxy groups -OCH3 is 2. The predicted molar refractivity (Wildman–Crippen MR) is 71.9 cm³/mol. The zero-order valence-corrected chi connectivity index (χ0v) is 12.6. The normalized spacial score (nSPS) is 13.4.